The summed E-state index contributed by atoms with van der Waals surface area (Å²) in [7, 11) is 0. The molecule has 1 aliphatic rings. The number of aromatic nitrogens is 2. The fourth-order valence-electron chi connectivity index (χ4n) is 3.92. The third kappa shape index (κ3) is 3.51. The highest BCUT2D eigenvalue weighted by Gasteiger charge is 2.39. The molecular weight excluding hydrogens is 393 g/mol. The van der Waals surface area contributed by atoms with E-state index in [9.17, 15) is 4.79 Å². The largest absolute Gasteiger partial charge is 0.337 e. The van der Waals surface area contributed by atoms with Gasteiger partial charge in [-0.05, 0) is 50.6 Å². The summed E-state index contributed by atoms with van der Waals surface area (Å²) < 4.78 is 2.21. The zero-order valence-electron chi connectivity index (χ0n) is 16.2. The molecule has 2 aromatic carbocycles. The first kappa shape index (κ1) is 19.3. The zero-order valence-corrected chi connectivity index (χ0v) is 17.8. The van der Waals surface area contributed by atoms with Gasteiger partial charge in [0.05, 0.1) is 21.1 Å². The Labute approximate surface area is 175 Å². The number of amides is 1. The molecule has 1 fully saturated rings. The average molecular weight is 416 g/mol. The van der Waals surface area contributed by atoms with Gasteiger partial charge in [0.15, 0.2) is 0 Å². The number of imidazole rings is 1. The molecule has 3 aromatic rings. The van der Waals surface area contributed by atoms with Crippen LogP contribution in [0.25, 0.3) is 11.0 Å². The van der Waals surface area contributed by atoms with Crippen molar-refractivity contribution < 1.29 is 4.79 Å². The molecule has 1 amide bonds. The highest BCUT2D eigenvalue weighted by atomic mass is 35.5. The fraction of sp³-hybridized carbons (Fsp3) is 0.364. The van der Waals surface area contributed by atoms with E-state index in [2.05, 4.69) is 31.4 Å². The number of fused-ring (bicyclic) bond motifs is 1. The maximum Gasteiger partial charge on any atom is 0.223 e. The Bertz CT molecular complexity index is 1050. The summed E-state index contributed by atoms with van der Waals surface area (Å²) in [5, 5.41) is 1.09. The summed E-state index contributed by atoms with van der Waals surface area (Å²) in [6.07, 6.45) is 0.488. The van der Waals surface area contributed by atoms with Crippen LogP contribution in [0.5, 0.6) is 0 Å². The highest BCUT2D eigenvalue weighted by molar-refractivity contribution is 6.42. The van der Waals surface area contributed by atoms with E-state index in [0.29, 0.717) is 29.6 Å². The number of carbonyl (C=O) groups is 1. The summed E-state index contributed by atoms with van der Waals surface area (Å²) in [5.74, 6) is 1.21. The van der Waals surface area contributed by atoms with Crippen LogP contribution < -0.4 is 0 Å². The van der Waals surface area contributed by atoms with Gasteiger partial charge in [-0.1, -0.05) is 41.4 Å². The Morgan fingerprint density at radius 3 is 2.54 bits per heavy atom. The lowest BCUT2D eigenvalue weighted by Gasteiger charge is -2.32. The topological polar surface area (TPSA) is 38.1 Å². The van der Waals surface area contributed by atoms with Gasteiger partial charge in [0.2, 0.25) is 5.91 Å². The van der Waals surface area contributed by atoms with E-state index >= 15 is 0 Å². The van der Waals surface area contributed by atoms with Crippen LogP contribution in [0.2, 0.25) is 10.0 Å². The molecule has 1 unspecified atom stereocenters. The highest BCUT2D eigenvalue weighted by Crippen LogP contribution is 2.34. The number of hydrogen-bond acceptors (Lipinski definition) is 2. The van der Waals surface area contributed by atoms with Crippen molar-refractivity contribution in [1.29, 1.82) is 0 Å². The first-order valence-corrected chi connectivity index (χ1v) is 10.2. The number of carbonyl (C=O) groups excluding carboxylic acids is 1. The number of likely N-dealkylation sites (tertiary alicyclic amines) is 1. The molecule has 0 N–H and O–H groups in total. The number of para-hydroxylation sites is 2. The zero-order chi connectivity index (χ0) is 20.1. The Kier molecular flexibility index (Phi) is 4.88. The molecule has 28 heavy (non-hydrogen) atoms. The van der Waals surface area contributed by atoms with Crippen molar-refractivity contribution in [2.45, 2.75) is 45.2 Å². The van der Waals surface area contributed by atoms with Gasteiger partial charge >= 0.3 is 0 Å². The standard InChI is InChI=1S/C22H23Cl2N3O/c1-22(2,3)27-13-15(11-20(27)28)21-25-18-6-4-5-7-19(18)26(21)12-14-8-9-16(23)17(24)10-14/h4-10,15H,11-13H2,1-3H3. The van der Waals surface area contributed by atoms with Gasteiger partial charge in [-0.25, -0.2) is 4.98 Å². The van der Waals surface area contributed by atoms with Crippen LogP contribution in [-0.4, -0.2) is 32.4 Å². The van der Waals surface area contributed by atoms with Crippen LogP contribution in [0, 0.1) is 0 Å². The van der Waals surface area contributed by atoms with Gasteiger partial charge in [0, 0.05) is 31.0 Å². The summed E-state index contributed by atoms with van der Waals surface area (Å²) in [6, 6.07) is 13.8. The van der Waals surface area contributed by atoms with Crippen LogP contribution in [0.3, 0.4) is 0 Å². The average Bonchev–Trinajstić information content (AvgIpc) is 3.19. The molecule has 1 atom stereocenters. The third-order valence-electron chi connectivity index (χ3n) is 5.31. The SMILES string of the molecule is CC(C)(C)N1CC(c2nc3ccccc3n2Cc2ccc(Cl)c(Cl)c2)CC1=O. The summed E-state index contributed by atoms with van der Waals surface area (Å²) >= 11 is 12.3. The van der Waals surface area contributed by atoms with E-state index in [-0.39, 0.29) is 17.4 Å². The number of halogens is 2. The van der Waals surface area contributed by atoms with Crippen molar-refractivity contribution in [3.8, 4) is 0 Å². The second kappa shape index (κ2) is 7.09. The number of hydrogen-bond donors (Lipinski definition) is 0. The second-order valence-corrected chi connectivity index (χ2v) is 9.18. The Balaban J connectivity index is 1.76. The Hall–Kier alpha value is -2.04. The maximum atomic E-state index is 12.6. The van der Waals surface area contributed by atoms with E-state index < -0.39 is 0 Å². The third-order valence-corrected chi connectivity index (χ3v) is 6.05. The minimum atomic E-state index is -0.188. The van der Waals surface area contributed by atoms with E-state index in [4.69, 9.17) is 28.2 Å². The van der Waals surface area contributed by atoms with Crippen LogP contribution in [0.4, 0.5) is 0 Å². The maximum absolute atomic E-state index is 12.6. The molecule has 1 aliphatic heterocycles. The van der Waals surface area contributed by atoms with Crippen molar-refractivity contribution in [3.63, 3.8) is 0 Å². The monoisotopic (exact) mass is 415 g/mol. The lowest BCUT2D eigenvalue weighted by molar-refractivity contribution is -0.131. The Morgan fingerprint density at radius 1 is 1.11 bits per heavy atom. The molecular formula is C22H23Cl2N3O. The molecule has 146 valence electrons. The van der Waals surface area contributed by atoms with Crippen LogP contribution in [0.15, 0.2) is 42.5 Å². The van der Waals surface area contributed by atoms with Gasteiger partial charge in [-0.3, -0.25) is 4.79 Å². The van der Waals surface area contributed by atoms with Crippen LogP contribution in [0.1, 0.15) is 44.5 Å². The fourth-order valence-corrected chi connectivity index (χ4v) is 4.24. The Morgan fingerprint density at radius 2 is 1.86 bits per heavy atom. The number of rotatable bonds is 3. The molecule has 2 heterocycles. The van der Waals surface area contributed by atoms with Crippen molar-refractivity contribution >= 4 is 40.1 Å². The van der Waals surface area contributed by atoms with Crippen LogP contribution in [-0.2, 0) is 11.3 Å². The minimum absolute atomic E-state index is 0.0712. The molecule has 4 rings (SSSR count). The molecule has 0 bridgehead atoms. The molecule has 0 radical (unpaired) electrons. The molecule has 1 aromatic heterocycles. The second-order valence-electron chi connectivity index (χ2n) is 8.37. The van der Waals surface area contributed by atoms with Gasteiger partial charge < -0.3 is 9.47 Å². The summed E-state index contributed by atoms with van der Waals surface area (Å²) in [4.78, 5) is 19.5. The van der Waals surface area contributed by atoms with Gasteiger partial charge in [-0.2, -0.15) is 0 Å². The van der Waals surface area contributed by atoms with Crippen molar-refractivity contribution in [1.82, 2.24) is 14.5 Å². The normalized spacial score (nSPS) is 17.7. The smallest absolute Gasteiger partial charge is 0.223 e. The summed E-state index contributed by atoms with van der Waals surface area (Å²) in [6.45, 7) is 7.55. The van der Waals surface area contributed by atoms with E-state index in [0.717, 1.165) is 22.4 Å². The lowest BCUT2D eigenvalue weighted by Crippen LogP contribution is -2.42. The quantitative estimate of drug-likeness (QED) is 0.565. The van der Waals surface area contributed by atoms with E-state index in [1.54, 1.807) is 0 Å². The molecule has 4 nitrogen and oxygen atoms in total. The van der Waals surface area contributed by atoms with Crippen molar-refractivity contribution in [2.24, 2.45) is 0 Å². The molecule has 0 aliphatic carbocycles. The molecule has 0 spiro atoms. The first-order chi connectivity index (χ1) is 13.2. The molecule has 6 heteroatoms. The van der Waals surface area contributed by atoms with Crippen molar-refractivity contribution in [3.05, 3.63) is 63.9 Å². The van der Waals surface area contributed by atoms with Gasteiger partial charge in [0.1, 0.15) is 5.82 Å². The number of nitrogens with zero attached hydrogens (tertiary/aromatic N) is 3. The van der Waals surface area contributed by atoms with Crippen molar-refractivity contribution in [2.75, 3.05) is 6.54 Å². The van der Waals surface area contributed by atoms with Gasteiger partial charge in [-0.15, -0.1) is 0 Å². The van der Waals surface area contributed by atoms with Crippen LogP contribution >= 0.6 is 23.2 Å². The summed E-state index contributed by atoms with van der Waals surface area (Å²) in [5.41, 5.74) is 2.87. The van der Waals surface area contributed by atoms with E-state index in [1.165, 1.54) is 0 Å². The predicted octanol–water partition coefficient (Wildman–Crippen LogP) is 5.51. The lowest BCUT2D eigenvalue weighted by atomic mass is 10.1. The minimum Gasteiger partial charge on any atom is -0.337 e. The predicted molar refractivity (Wildman–Crippen MR) is 114 cm³/mol. The number of benzene rings is 2. The molecule has 1 saturated heterocycles. The molecule has 0 saturated carbocycles. The first-order valence-electron chi connectivity index (χ1n) is 9.43. The van der Waals surface area contributed by atoms with Gasteiger partial charge in [0.25, 0.3) is 0 Å². The van der Waals surface area contributed by atoms with E-state index in [1.807, 2.05) is 41.3 Å².